The van der Waals surface area contributed by atoms with Gasteiger partial charge in [0.2, 0.25) is 0 Å². The number of hydrogen-bond donors (Lipinski definition) is 2. The number of aryl methyl sites for hydroxylation is 2. The average Bonchev–Trinajstić information content (AvgIpc) is 2.65. The summed E-state index contributed by atoms with van der Waals surface area (Å²) in [6.45, 7) is 6.71. The Labute approximate surface area is 129 Å². The third kappa shape index (κ3) is 3.33. The maximum absolute atomic E-state index is 12.4. The van der Waals surface area contributed by atoms with Crippen LogP contribution in [-0.4, -0.2) is 42.5 Å². The molecule has 0 fully saturated rings. The van der Waals surface area contributed by atoms with Gasteiger partial charge in [0.25, 0.3) is 5.91 Å². The third-order valence-electron chi connectivity index (χ3n) is 3.25. The molecule has 2 rings (SSSR count). The van der Waals surface area contributed by atoms with Gasteiger partial charge >= 0.3 is 0 Å². The largest absolute Gasteiger partial charge is 0.397 e. The fourth-order valence-electron chi connectivity index (χ4n) is 2.52. The minimum absolute atomic E-state index is 0.0629. The second kappa shape index (κ2) is 5.99. The number of likely N-dealkylation sites (N-methyl/N-ethyl adjacent to an activating group) is 1. The number of aromatic nitrogens is 1. The standard InChI is InChI=1S/C15H22N4OS/c1-8-6-9(2)18-15-11(8)12(16)13(21-15)14(20)17-10(3)7-19(4)5/h6,10H,7,16H2,1-5H3,(H,17,20). The lowest BCUT2D eigenvalue weighted by Crippen LogP contribution is -2.39. The van der Waals surface area contributed by atoms with Gasteiger partial charge in [0.1, 0.15) is 9.71 Å². The van der Waals surface area contributed by atoms with Gasteiger partial charge in [-0.05, 0) is 46.5 Å². The lowest BCUT2D eigenvalue weighted by atomic mass is 10.1. The van der Waals surface area contributed by atoms with Crippen molar-refractivity contribution >= 4 is 33.1 Å². The van der Waals surface area contributed by atoms with Crippen LogP contribution >= 0.6 is 11.3 Å². The molecule has 1 amide bonds. The predicted molar refractivity (Wildman–Crippen MR) is 89.0 cm³/mol. The molecule has 0 saturated heterocycles. The molecule has 0 aliphatic heterocycles. The average molecular weight is 306 g/mol. The highest BCUT2D eigenvalue weighted by Gasteiger charge is 2.20. The van der Waals surface area contributed by atoms with Gasteiger partial charge in [-0.25, -0.2) is 4.98 Å². The zero-order valence-electron chi connectivity index (χ0n) is 13.2. The number of fused-ring (bicyclic) bond motifs is 1. The first-order valence-electron chi connectivity index (χ1n) is 6.91. The van der Waals surface area contributed by atoms with Gasteiger partial charge in [0.15, 0.2) is 0 Å². The molecule has 0 bridgehead atoms. The van der Waals surface area contributed by atoms with Gasteiger partial charge in [0, 0.05) is 23.7 Å². The van der Waals surface area contributed by atoms with Gasteiger partial charge in [-0.15, -0.1) is 11.3 Å². The van der Waals surface area contributed by atoms with Crippen molar-refractivity contribution in [2.24, 2.45) is 0 Å². The number of hydrogen-bond acceptors (Lipinski definition) is 5. The van der Waals surface area contributed by atoms with Gasteiger partial charge in [-0.1, -0.05) is 0 Å². The Morgan fingerprint density at radius 3 is 2.76 bits per heavy atom. The van der Waals surface area contributed by atoms with E-state index in [0.717, 1.165) is 28.0 Å². The molecule has 1 atom stereocenters. The van der Waals surface area contributed by atoms with Crippen LogP contribution in [0.2, 0.25) is 0 Å². The molecule has 3 N–H and O–H groups in total. The van der Waals surface area contributed by atoms with E-state index in [1.165, 1.54) is 11.3 Å². The summed E-state index contributed by atoms with van der Waals surface area (Å²) in [4.78, 5) is 20.3. The maximum atomic E-state index is 12.4. The summed E-state index contributed by atoms with van der Waals surface area (Å²) >= 11 is 1.36. The summed E-state index contributed by atoms with van der Waals surface area (Å²) in [5.74, 6) is -0.123. The molecule has 2 aromatic heterocycles. The summed E-state index contributed by atoms with van der Waals surface area (Å²) in [6, 6.07) is 2.05. The van der Waals surface area contributed by atoms with E-state index in [0.29, 0.717) is 10.6 Å². The van der Waals surface area contributed by atoms with E-state index in [1.54, 1.807) is 0 Å². The summed E-state index contributed by atoms with van der Waals surface area (Å²) in [5, 5.41) is 3.88. The lowest BCUT2D eigenvalue weighted by Gasteiger charge is -2.17. The molecule has 114 valence electrons. The van der Waals surface area contributed by atoms with Crippen LogP contribution in [0, 0.1) is 13.8 Å². The van der Waals surface area contributed by atoms with Crippen LogP contribution in [0.5, 0.6) is 0 Å². The monoisotopic (exact) mass is 306 g/mol. The van der Waals surface area contributed by atoms with Gasteiger partial charge in [0.05, 0.1) is 5.69 Å². The molecule has 6 heteroatoms. The minimum Gasteiger partial charge on any atom is -0.397 e. The van der Waals surface area contributed by atoms with Crippen molar-refractivity contribution in [3.8, 4) is 0 Å². The van der Waals surface area contributed by atoms with E-state index in [1.807, 2.05) is 45.8 Å². The molecule has 5 nitrogen and oxygen atoms in total. The van der Waals surface area contributed by atoms with Crippen LogP contribution in [-0.2, 0) is 0 Å². The predicted octanol–water partition coefficient (Wildman–Crippen LogP) is 2.18. The van der Waals surface area contributed by atoms with E-state index in [4.69, 9.17) is 5.73 Å². The first-order chi connectivity index (χ1) is 9.79. The first-order valence-corrected chi connectivity index (χ1v) is 7.73. The number of rotatable bonds is 4. The van der Waals surface area contributed by atoms with Gasteiger partial charge < -0.3 is 16.0 Å². The molecule has 0 aromatic carbocycles. The number of pyridine rings is 1. The second-order valence-corrected chi connectivity index (χ2v) is 6.74. The second-order valence-electron chi connectivity index (χ2n) is 5.74. The summed E-state index contributed by atoms with van der Waals surface area (Å²) in [5.41, 5.74) is 8.70. The summed E-state index contributed by atoms with van der Waals surface area (Å²) in [6.07, 6.45) is 0. The fraction of sp³-hybridized carbons (Fsp3) is 0.467. The number of nitrogen functional groups attached to an aromatic ring is 1. The number of nitrogens with zero attached hydrogens (tertiary/aromatic N) is 2. The molecule has 0 spiro atoms. The smallest absolute Gasteiger partial charge is 0.263 e. The molecule has 0 aliphatic carbocycles. The highest BCUT2D eigenvalue weighted by molar-refractivity contribution is 7.21. The Morgan fingerprint density at radius 2 is 2.14 bits per heavy atom. The highest BCUT2D eigenvalue weighted by atomic mass is 32.1. The van der Waals surface area contributed by atoms with Crippen LogP contribution in [0.1, 0.15) is 27.9 Å². The van der Waals surface area contributed by atoms with Crippen LogP contribution in [0.4, 0.5) is 5.69 Å². The molecular formula is C15H22N4OS. The van der Waals surface area contributed by atoms with E-state index >= 15 is 0 Å². The number of thiophene rings is 1. The molecule has 0 aliphatic rings. The van der Waals surface area contributed by atoms with E-state index < -0.39 is 0 Å². The zero-order chi connectivity index (χ0) is 15.7. The third-order valence-corrected chi connectivity index (χ3v) is 4.35. The maximum Gasteiger partial charge on any atom is 0.263 e. The van der Waals surface area contributed by atoms with Crippen molar-refractivity contribution in [3.05, 3.63) is 22.2 Å². The van der Waals surface area contributed by atoms with Gasteiger partial charge in [-0.3, -0.25) is 4.79 Å². The van der Waals surface area contributed by atoms with Crippen LogP contribution in [0.3, 0.4) is 0 Å². The van der Waals surface area contributed by atoms with Crippen molar-refractivity contribution < 1.29 is 4.79 Å². The molecule has 0 saturated carbocycles. The Bertz CT molecular complexity index is 678. The number of amides is 1. The van der Waals surface area contributed by atoms with Crippen molar-refractivity contribution in [2.75, 3.05) is 26.4 Å². The van der Waals surface area contributed by atoms with Crippen molar-refractivity contribution in [3.63, 3.8) is 0 Å². The van der Waals surface area contributed by atoms with E-state index in [9.17, 15) is 4.79 Å². The first kappa shape index (κ1) is 15.7. The SMILES string of the molecule is Cc1cc(C)c2c(N)c(C(=O)NC(C)CN(C)C)sc2n1. The summed E-state index contributed by atoms with van der Waals surface area (Å²) < 4.78 is 0. The van der Waals surface area contributed by atoms with Crippen molar-refractivity contribution in [2.45, 2.75) is 26.8 Å². The van der Waals surface area contributed by atoms with E-state index in [2.05, 4.69) is 10.3 Å². The summed E-state index contributed by atoms with van der Waals surface area (Å²) in [7, 11) is 3.96. The Morgan fingerprint density at radius 1 is 1.48 bits per heavy atom. The minimum atomic E-state index is -0.123. The van der Waals surface area contributed by atoms with Crippen LogP contribution in [0.25, 0.3) is 10.2 Å². The zero-order valence-corrected chi connectivity index (χ0v) is 14.0. The highest BCUT2D eigenvalue weighted by Crippen LogP contribution is 2.34. The number of carbonyl (C=O) groups is 1. The normalized spacial score (nSPS) is 12.9. The number of carbonyl (C=O) groups excluding carboxylic acids is 1. The Kier molecular flexibility index (Phi) is 4.49. The van der Waals surface area contributed by atoms with Crippen LogP contribution < -0.4 is 11.1 Å². The van der Waals surface area contributed by atoms with Gasteiger partial charge in [-0.2, -0.15) is 0 Å². The molecular weight excluding hydrogens is 284 g/mol. The van der Waals surface area contributed by atoms with E-state index in [-0.39, 0.29) is 11.9 Å². The number of nitrogens with one attached hydrogen (secondary N) is 1. The molecule has 1 unspecified atom stereocenters. The van der Waals surface area contributed by atoms with Crippen molar-refractivity contribution in [1.29, 1.82) is 0 Å². The quantitative estimate of drug-likeness (QED) is 0.908. The fourth-order valence-corrected chi connectivity index (χ4v) is 3.64. The lowest BCUT2D eigenvalue weighted by molar-refractivity contribution is 0.0939. The van der Waals surface area contributed by atoms with Crippen LogP contribution in [0.15, 0.2) is 6.07 Å². The molecule has 2 aromatic rings. The number of anilines is 1. The van der Waals surface area contributed by atoms with Crippen molar-refractivity contribution in [1.82, 2.24) is 15.2 Å². The topological polar surface area (TPSA) is 71.2 Å². The molecule has 0 radical (unpaired) electrons. The Balaban J connectivity index is 2.32. The Hall–Kier alpha value is -1.66. The number of nitrogens with two attached hydrogens (primary N) is 1. The molecule has 21 heavy (non-hydrogen) atoms. The molecule has 2 heterocycles.